The van der Waals surface area contributed by atoms with Crippen molar-refractivity contribution in [2.45, 2.75) is 19.8 Å². The van der Waals surface area contributed by atoms with Crippen molar-refractivity contribution in [1.29, 1.82) is 0 Å². The van der Waals surface area contributed by atoms with E-state index in [0.29, 0.717) is 19.6 Å². The number of nitrogens with zero attached hydrogens (tertiary/aromatic N) is 2. The van der Waals surface area contributed by atoms with Crippen LogP contribution < -0.4 is 5.32 Å². The molecule has 2 rings (SSSR count). The Labute approximate surface area is 112 Å². The number of aromatic nitrogens is 2. The number of pyridine rings is 1. The van der Waals surface area contributed by atoms with Crippen LogP contribution in [0.15, 0.2) is 30.6 Å². The second-order valence-corrected chi connectivity index (χ2v) is 4.28. The zero-order chi connectivity index (χ0) is 13.5. The maximum absolute atomic E-state index is 11.7. The van der Waals surface area contributed by atoms with E-state index in [4.69, 9.17) is 4.74 Å². The summed E-state index contributed by atoms with van der Waals surface area (Å²) in [5.41, 5.74) is 1.65. The highest BCUT2D eigenvalue weighted by Crippen LogP contribution is 2.04. The van der Waals surface area contributed by atoms with E-state index in [9.17, 15) is 4.79 Å². The lowest BCUT2D eigenvalue weighted by molar-refractivity contribution is -0.120. The zero-order valence-corrected chi connectivity index (χ0v) is 11.1. The van der Waals surface area contributed by atoms with Gasteiger partial charge in [-0.1, -0.05) is 6.07 Å². The van der Waals surface area contributed by atoms with Crippen molar-refractivity contribution in [1.82, 2.24) is 14.7 Å². The van der Waals surface area contributed by atoms with Gasteiger partial charge in [-0.25, -0.2) is 4.98 Å². The number of imidazole rings is 1. The molecule has 2 aromatic heterocycles. The van der Waals surface area contributed by atoms with Crippen molar-refractivity contribution in [3.8, 4) is 0 Å². The maximum Gasteiger partial charge on any atom is 0.226 e. The number of carbonyl (C=O) groups is 1. The van der Waals surface area contributed by atoms with Gasteiger partial charge in [0.2, 0.25) is 5.91 Å². The SMILES string of the molecule is CCOCCCNC(=O)Cc1cn2ccccc2n1. The molecule has 5 nitrogen and oxygen atoms in total. The average molecular weight is 261 g/mol. The molecule has 102 valence electrons. The second-order valence-electron chi connectivity index (χ2n) is 4.28. The molecule has 0 aliphatic carbocycles. The Kier molecular flexibility index (Phi) is 4.92. The van der Waals surface area contributed by atoms with E-state index in [-0.39, 0.29) is 5.91 Å². The molecule has 1 amide bonds. The average Bonchev–Trinajstić information content (AvgIpc) is 2.80. The van der Waals surface area contributed by atoms with Gasteiger partial charge in [-0.2, -0.15) is 0 Å². The number of ether oxygens (including phenoxy) is 1. The van der Waals surface area contributed by atoms with Crippen LogP contribution in [0.2, 0.25) is 0 Å². The highest BCUT2D eigenvalue weighted by molar-refractivity contribution is 5.78. The van der Waals surface area contributed by atoms with Crippen LogP contribution in [0.25, 0.3) is 5.65 Å². The van der Waals surface area contributed by atoms with Gasteiger partial charge in [0, 0.05) is 32.2 Å². The predicted molar refractivity (Wildman–Crippen MR) is 73.0 cm³/mol. The van der Waals surface area contributed by atoms with Crippen LogP contribution in [0.3, 0.4) is 0 Å². The lowest BCUT2D eigenvalue weighted by Gasteiger charge is -2.03. The molecule has 0 atom stereocenters. The van der Waals surface area contributed by atoms with Crippen LogP contribution in [-0.4, -0.2) is 35.1 Å². The van der Waals surface area contributed by atoms with Crippen LogP contribution in [0.1, 0.15) is 19.0 Å². The quantitative estimate of drug-likeness (QED) is 0.767. The minimum absolute atomic E-state index is 0.0000883. The molecule has 2 heterocycles. The van der Waals surface area contributed by atoms with Crippen molar-refractivity contribution in [3.63, 3.8) is 0 Å². The Hall–Kier alpha value is -1.88. The Morgan fingerprint density at radius 2 is 2.37 bits per heavy atom. The molecule has 0 aromatic carbocycles. The summed E-state index contributed by atoms with van der Waals surface area (Å²) in [4.78, 5) is 16.1. The smallest absolute Gasteiger partial charge is 0.226 e. The monoisotopic (exact) mass is 261 g/mol. The van der Waals surface area contributed by atoms with Gasteiger partial charge in [-0.05, 0) is 25.5 Å². The topological polar surface area (TPSA) is 55.6 Å². The van der Waals surface area contributed by atoms with Crippen molar-refractivity contribution >= 4 is 11.6 Å². The van der Waals surface area contributed by atoms with Gasteiger partial charge >= 0.3 is 0 Å². The Morgan fingerprint density at radius 3 is 3.16 bits per heavy atom. The molecular formula is C14H19N3O2. The fourth-order valence-corrected chi connectivity index (χ4v) is 1.85. The molecule has 0 aliphatic heterocycles. The standard InChI is InChI=1S/C14H19N3O2/c1-2-19-9-5-7-15-14(18)10-12-11-17-8-4-3-6-13(17)16-12/h3-4,6,8,11H,2,5,7,9-10H2,1H3,(H,15,18). The Morgan fingerprint density at radius 1 is 1.47 bits per heavy atom. The summed E-state index contributed by atoms with van der Waals surface area (Å²) in [5, 5.41) is 2.87. The second kappa shape index (κ2) is 6.89. The van der Waals surface area contributed by atoms with Crippen molar-refractivity contribution in [3.05, 3.63) is 36.3 Å². The van der Waals surface area contributed by atoms with Gasteiger partial charge in [0.1, 0.15) is 5.65 Å². The van der Waals surface area contributed by atoms with Gasteiger partial charge in [-0.3, -0.25) is 4.79 Å². The van der Waals surface area contributed by atoms with E-state index in [1.807, 2.05) is 41.9 Å². The summed E-state index contributed by atoms with van der Waals surface area (Å²) in [6, 6.07) is 5.79. The van der Waals surface area contributed by atoms with E-state index in [1.165, 1.54) is 0 Å². The molecular weight excluding hydrogens is 242 g/mol. The van der Waals surface area contributed by atoms with Gasteiger partial charge < -0.3 is 14.5 Å². The molecule has 0 unspecified atom stereocenters. The van der Waals surface area contributed by atoms with Crippen LogP contribution in [-0.2, 0) is 16.0 Å². The zero-order valence-electron chi connectivity index (χ0n) is 11.1. The fourth-order valence-electron chi connectivity index (χ4n) is 1.85. The van der Waals surface area contributed by atoms with Crippen LogP contribution in [0, 0.1) is 0 Å². The third-order valence-corrected chi connectivity index (χ3v) is 2.75. The lowest BCUT2D eigenvalue weighted by atomic mass is 10.3. The number of fused-ring (bicyclic) bond motifs is 1. The van der Waals surface area contributed by atoms with Crippen molar-refractivity contribution in [2.75, 3.05) is 19.8 Å². The third-order valence-electron chi connectivity index (χ3n) is 2.75. The molecule has 0 spiro atoms. The maximum atomic E-state index is 11.7. The molecule has 19 heavy (non-hydrogen) atoms. The predicted octanol–water partition coefficient (Wildman–Crippen LogP) is 1.42. The molecule has 2 aromatic rings. The molecule has 0 fully saturated rings. The Balaban J connectivity index is 1.78. The lowest BCUT2D eigenvalue weighted by Crippen LogP contribution is -2.26. The molecule has 0 aliphatic rings. The summed E-state index contributed by atoms with van der Waals surface area (Å²) in [5.74, 6) is -0.0000883. The third kappa shape index (κ3) is 4.06. The first-order valence-electron chi connectivity index (χ1n) is 6.56. The number of carbonyl (C=O) groups excluding carboxylic acids is 1. The summed E-state index contributed by atoms with van der Waals surface area (Å²) in [7, 11) is 0. The number of rotatable bonds is 7. The minimum atomic E-state index is -0.0000883. The first-order chi connectivity index (χ1) is 9.29. The molecule has 0 saturated heterocycles. The Bertz CT molecular complexity index is 503. The van der Waals surface area contributed by atoms with E-state index in [1.54, 1.807) is 0 Å². The summed E-state index contributed by atoms with van der Waals surface area (Å²) in [6.07, 6.45) is 4.96. The van der Waals surface area contributed by atoms with E-state index in [0.717, 1.165) is 24.4 Å². The van der Waals surface area contributed by atoms with Gasteiger partial charge in [0.05, 0.1) is 12.1 Å². The van der Waals surface area contributed by atoms with E-state index < -0.39 is 0 Å². The number of nitrogens with one attached hydrogen (secondary N) is 1. The van der Waals surface area contributed by atoms with E-state index in [2.05, 4.69) is 10.3 Å². The van der Waals surface area contributed by atoms with Crippen molar-refractivity contribution < 1.29 is 9.53 Å². The highest BCUT2D eigenvalue weighted by atomic mass is 16.5. The number of hydrogen-bond acceptors (Lipinski definition) is 3. The van der Waals surface area contributed by atoms with Crippen LogP contribution in [0.5, 0.6) is 0 Å². The van der Waals surface area contributed by atoms with Crippen molar-refractivity contribution in [2.24, 2.45) is 0 Å². The highest BCUT2D eigenvalue weighted by Gasteiger charge is 2.06. The molecule has 1 N–H and O–H groups in total. The normalized spacial score (nSPS) is 10.8. The summed E-state index contributed by atoms with van der Waals surface area (Å²) in [6.45, 7) is 4.01. The van der Waals surface area contributed by atoms with Gasteiger partial charge in [0.25, 0.3) is 0 Å². The minimum Gasteiger partial charge on any atom is -0.382 e. The van der Waals surface area contributed by atoms with E-state index >= 15 is 0 Å². The summed E-state index contributed by atoms with van der Waals surface area (Å²) < 4.78 is 7.12. The number of hydrogen-bond donors (Lipinski definition) is 1. The first kappa shape index (κ1) is 13.5. The molecule has 0 bridgehead atoms. The first-order valence-corrected chi connectivity index (χ1v) is 6.56. The fraction of sp³-hybridized carbons (Fsp3) is 0.429. The molecule has 0 saturated carbocycles. The van der Waals surface area contributed by atoms with Crippen LogP contribution in [0.4, 0.5) is 0 Å². The molecule has 0 radical (unpaired) electrons. The number of amides is 1. The van der Waals surface area contributed by atoms with Crippen LogP contribution >= 0.6 is 0 Å². The van der Waals surface area contributed by atoms with Gasteiger partial charge in [-0.15, -0.1) is 0 Å². The molecule has 5 heteroatoms. The summed E-state index contributed by atoms with van der Waals surface area (Å²) >= 11 is 0. The largest absolute Gasteiger partial charge is 0.382 e. The van der Waals surface area contributed by atoms with Gasteiger partial charge in [0.15, 0.2) is 0 Å².